The summed E-state index contributed by atoms with van der Waals surface area (Å²) >= 11 is 0. The van der Waals surface area contributed by atoms with E-state index in [9.17, 15) is 16.8 Å². The molecule has 0 atom stereocenters. The van der Waals surface area contributed by atoms with Crippen LogP contribution in [0.4, 0.5) is 0 Å². The van der Waals surface area contributed by atoms with Crippen molar-refractivity contribution in [2.45, 2.75) is 19.6 Å². The van der Waals surface area contributed by atoms with E-state index in [1.54, 1.807) is 84.9 Å². The van der Waals surface area contributed by atoms with E-state index in [4.69, 9.17) is 0 Å². The molecular formula is C42H29NO4S2. The molecule has 5 nitrogen and oxygen atoms in total. The van der Waals surface area contributed by atoms with Gasteiger partial charge in [-0.15, -0.1) is 0 Å². The van der Waals surface area contributed by atoms with E-state index < -0.39 is 19.7 Å². The van der Waals surface area contributed by atoms with Crippen LogP contribution in [0.3, 0.4) is 0 Å². The van der Waals surface area contributed by atoms with Gasteiger partial charge < -0.3 is 4.57 Å². The highest BCUT2D eigenvalue weighted by Crippen LogP contribution is 2.38. The first kappa shape index (κ1) is 30.6. The molecule has 0 spiro atoms. The Morgan fingerprint density at radius 1 is 0.327 bits per heavy atom. The molecule has 0 amide bonds. The maximum absolute atomic E-state index is 13.2. The number of nitrogens with zero attached hydrogens (tertiary/aromatic N) is 1. The summed E-state index contributed by atoms with van der Waals surface area (Å²) < 4.78 is 55.0. The molecule has 8 aromatic rings. The second kappa shape index (κ2) is 12.0. The normalized spacial score (nSPS) is 12.0. The second-order valence-electron chi connectivity index (χ2n) is 11.8. The molecule has 0 aliphatic heterocycles. The smallest absolute Gasteiger partial charge is 0.206 e. The molecule has 49 heavy (non-hydrogen) atoms. The van der Waals surface area contributed by atoms with Crippen LogP contribution in [-0.4, -0.2) is 21.4 Å². The number of fused-ring (bicyclic) bond motifs is 3. The van der Waals surface area contributed by atoms with Crippen molar-refractivity contribution in [3.05, 3.63) is 176 Å². The van der Waals surface area contributed by atoms with Crippen LogP contribution >= 0.6 is 0 Å². The van der Waals surface area contributed by atoms with Crippen LogP contribution in [0.5, 0.6) is 0 Å². The van der Waals surface area contributed by atoms with Crippen LogP contribution < -0.4 is 0 Å². The molecule has 7 heteroatoms. The van der Waals surface area contributed by atoms with Gasteiger partial charge in [-0.1, -0.05) is 91.0 Å². The zero-order valence-electron chi connectivity index (χ0n) is 26.1. The van der Waals surface area contributed by atoms with Crippen LogP contribution in [0.1, 0.15) is 0 Å². The highest BCUT2D eigenvalue weighted by molar-refractivity contribution is 7.91. The fourth-order valence-corrected chi connectivity index (χ4v) is 8.93. The summed E-state index contributed by atoms with van der Waals surface area (Å²) in [5.74, 6) is 0. The summed E-state index contributed by atoms with van der Waals surface area (Å²) in [6, 6.07) is 53.8. The number of benzene rings is 7. The fraction of sp³-hybridized carbons (Fsp3) is 0. The van der Waals surface area contributed by atoms with Gasteiger partial charge >= 0.3 is 0 Å². The van der Waals surface area contributed by atoms with Crippen molar-refractivity contribution in [1.82, 2.24) is 4.57 Å². The Morgan fingerprint density at radius 3 is 1.04 bits per heavy atom. The van der Waals surface area contributed by atoms with Gasteiger partial charge in [0.05, 0.1) is 30.6 Å². The van der Waals surface area contributed by atoms with Crippen LogP contribution in [0.25, 0.3) is 49.7 Å². The lowest BCUT2D eigenvalue weighted by Crippen LogP contribution is -2.01. The monoisotopic (exact) mass is 675 g/mol. The third kappa shape index (κ3) is 5.43. The topological polar surface area (TPSA) is 73.2 Å². The zero-order chi connectivity index (χ0) is 33.6. The molecule has 0 bridgehead atoms. The number of aromatic nitrogens is 1. The number of hydrogen-bond donors (Lipinski definition) is 0. The number of sulfone groups is 2. The van der Waals surface area contributed by atoms with Gasteiger partial charge in [0.2, 0.25) is 19.7 Å². The molecule has 0 saturated carbocycles. The highest BCUT2D eigenvalue weighted by atomic mass is 32.2. The predicted octanol–water partition coefficient (Wildman–Crippen LogP) is 9.78. The van der Waals surface area contributed by atoms with E-state index >= 15 is 0 Å². The molecule has 0 N–H and O–H groups in total. The molecule has 7 aromatic carbocycles. The average molecular weight is 676 g/mol. The van der Waals surface area contributed by atoms with E-state index in [1.165, 1.54) is 0 Å². The van der Waals surface area contributed by atoms with Gasteiger partial charge in [0, 0.05) is 16.5 Å². The summed E-state index contributed by atoms with van der Waals surface area (Å²) in [5.41, 5.74) is 6.84. The Bertz CT molecular complexity index is 2520. The Labute approximate surface area is 285 Å². The molecule has 238 valence electrons. The van der Waals surface area contributed by atoms with Crippen molar-refractivity contribution >= 4 is 41.5 Å². The van der Waals surface area contributed by atoms with Crippen molar-refractivity contribution < 1.29 is 16.8 Å². The van der Waals surface area contributed by atoms with Crippen molar-refractivity contribution in [2.24, 2.45) is 0 Å². The molecule has 0 fully saturated rings. The minimum Gasteiger partial charge on any atom is -0.309 e. The van der Waals surface area contributed by atoms with Gasteiger partial charge in [-0.2, -0.15) is 0 Å². The SMILES string of the molecule is O=S(=O)(c1ccccc1)c1ccc(-c2ccc3c(c2)c2cc(-c4ccc(S(=O)(=O)c5ccccc5)cc4)ccc2n3-c2ccccc2)cc1. The van der Waals surface area contributed by atoms with Gasteiger partial charge in [0.15, 0.2) is 0 Å². The largest absolute Gasteiger partial charge is 0.309 e. The lowest BCUT2D eigenvalue weighted by Gasteiger charge is -2.09. The van der Waals surface area contributed by atoms with Crippen LogP contribution in [-0.2, 0) is 19.7 Å². The summed E-state index contributed by atoms with van der Waals surface area (Å²) in [6.07, 6.45) is 0. The third-order valence-corrected chi connectivity index (χ3v) is 12.5. The van der Waals surface area contributed by atoms with Crippen LogP contribution in [0.2, 0.25) is 0 Å². The van der Waals surface area contributed by atoms with Gasteiger partial charge in [0.1, 0.15) is 0 Å². The van der Waals surface area contributed by atoms with Crippen molar-refractivity contribution in [3.8, 4) is 27.9 Å². The molecule has 0 saturated heterocycles. The van der Waals surface area contributed by atoms with Crippen molar-refractivity contribution in [3.63, 3.8) is 0 Å². The first-order chi connectivity index (χ1) is 23.8. The van der Waals surface area contributed by atoms with E-state index in [-0.39, 0.29) is 19.6 Å². The van der Waals surface area contributed by atoms with Crippen molar-refractivity contribution in [2.75, 3.05) is 0 Å². The summed E-state index contributed by atoms with van der Waals surface area (Å²) in [4.78, 5) is 1.02. The van der Waals surface area contributed by atoms with E-state index in [1.807, 2.05) is 42.5 Å². The van der Waals surface area contributed by atoms with E-state index in [2.05, 4.69) is 53.1 Å². The van der Waals surface area contributed by atoms with Crippen LogP contribution in [0, 0.1) is 0 Å². The summed E-state index contributed by atoms with van der Waals surface area (Å²) in [6.45, 7) is 0. The minimum atomic E-state index is -3.62. The number of rotatable bonds is 7. The maximum Gasteiger partial charge on any atom is 0.206 e. The Balaban J connectivity index is 1.22. The second-order valence-corrected chi connectivity index (χ2v) is 15.7. The molecule has 8 rings (SSSR count). The van der Waals surface area contributed by atoms with E-state index in [0.29, 0.717) is 0 Å². The van der Waals surface area contributed by atoms with Crippen molar-refractivity contribution in [1.29, 1.82) is 0 Å². The Kier molecular flexibility index (Phi) is 7.51. The molecule has 0 radical (unpaired) electrons. The number of hydrogen-bond acceptors (Lipinski definition) is 4. The maximum atomic E-state index is 13.2. The average Bonchev–Trinajstić information content (AvgIpc) is 3.49. The lowest BCUT2D eigenvalue weighted by atomic mass is 10.0. The molecule has 0 aliphatic carbocycles. The summed E-state index contributed by atoms with van der Waals surface area (Å²) in [7, 11) is -7.24. The van der Waals surface area contributed by atoms with Gasteiger partial charge in [-0.05, 0) is 107 Å². The fourth-order valence-electron chi connectivity index (χ4n) is 6.36. The third-order valence-electron chi connectivity index (χ3n) is 8.88. The molecule has 0 aliphatic rings. The quantitative estimate of drug-likeness (QED) is 0.169. The van der Waals surface area contributed by atoms with Gasteiger partial charge in [0.25, 0.3) is 0 Å². The molecular weight excluding hydrogens is 647 g/mol. The van der Waals surface area contributed by atoms with Gasteiger partial charge in [-0.25, -0.2) is 16.8 Å². The Hall–Kier alpha value is -5.76. The van der Waals surface area contributed by atoms with Crippen LogP contribution in [0.15, 0.2) is 196 Å². The predicted molar refractivity (Wildman–Crippen MR) is 195 cm³/mol. The first-order valence-electron chi connectivity index (χ1n) is 15.8. The first-order valence-corrected chi connectivity index (χ1v) is 18.7. The molecule has 1 heterocycles. The Morgan fingerprint density at radius 2 is 0.653 bits per heavy atom. The van der Waals surface area contributed by atoms with Gasteiger partial charge in [-0.3, -0.25) is 0 Å². The van der Waals surface area contributed by atoms with E-state index in [0.717, 1.165) is 49.7 Å². The number of para-hydroxylation sites is 1. The molecule has 0 unspecified atom stereocenters. The lowest BCUT2D eigenvalue weighted by molar-refractivity contribution is 0.594. The zero-order valence-corrected chi connectivity index (χ0v) is 27.8. The summed E-state index contributed by atoms with van der Waals surface area (Å²) in [5, 5.41) is 2.09. The minimum absolute atomic E-state index is 0.247. The highest BCUT2D eigenvalue weighted by Gasteiger charge is 2.19. The molecule has 1 aromatic heterocycles. The standard InChI is InChI=1S/C42H29NO4S2/c44-48(45,35-12-6-2-7-13-35)37-22-16-30(17-23-37)32-20-26-41-39(28-32)40-29-33(21-27-42(40)43(41)34-10-4-1-5-11-34)31-18-24-38(25-19-31)49(46,47)36-14-8-3-9-15-36/h1-29H.